The molecule has 0 aromatic carbocycles. The molecule has 1 N–H and O–H groups in total. The summed E-state index contributed by atoms with van der Waals surface area (Å²) in [7, 11) is -3.66. The summed E-state index contributed by atoms with van der Waals surface area (Å²) in [6, 6.07) is 0. The van der Waals surface area contributed by atoms with Gasteiger partial charge in [0.1, 0.15) is 6.10 Å². The normalized spacial score (nSPS) is 19.6. The molecular weight excluding hydrogens is 280 g/mol. The van der Waals surface area contributed by atoms with Crippen LogP contribution in [0.4, 0.5) is 0 Å². The average Bonchev–Trinajstić information content (AvgIpc) is 2.86. The predicted molar refractivity (Wildman–Crippen MR) is 73.6 cm³/mol. The average molecular weight is 298 g/mol. The van der Waals surface area contributed by atoms with Crippen LogP contribution in [0, 0.1) is 5.41 Å². The van der Waals surface area contributed by atoms with Gasteiger partial charge in [-0.1, -0.05) is 25.9 Å². The van der Waals surface area contributed by atoms with Crippen molar-refractivity contribution in [3.05, 3.63) is 18.6 Å². The molecular formula is C12H18N4O3S. The minimum atomic E-state index is -3.66. The van der Waals surface area contributed by atoms with Crippen molar-refractivity contribution in [3.63, 3.8) is 0 Å². The van der Waals surface area contributed by atoms with Crippen LogP contribution >= 0.6 is 0 Å². The quantitative estimate of drug-likeness (QED) is 0.893. The first-order chi connectivity index (χ1) is 9.29. The maximum atomic E-state index is 12.0. The van der Waals surface area contributed by atoms with Gasteiger partial charge in [-0.2, -0.15) is 0 Å². The maximum Gasteiger partial charge on any atom is 0.259 e. The molecule has 1 aromatic heterocycles. The molecule has 0 radical (unpaired) electrons. The van der Waals surface area contributed by atoms with Gasteiger partial charge in [-0.3, -0.25) is 4.98 Å². The van der Waals surface area contributed by atoms with Crippen molar-refractivity contribution in [1.82, 2.24) is 14.7 Å². The standard InChI is InChI=1S/C12H18N4O3S/c1-12(2,3)10-6-9(19-16-10)7-15-20(17,18)11-8-13-4-5-14-11/h4-5,8-9,15H,6-7H2,1-3H3. The Hall–Kier alpha value is -1.54. The number of nitrogens with zero attached hydrogens (tertiary/aromatic N) is 3. The lowest BCUT2D eigenvalue weighted by Crippen LogP contribution is -2.33. The summed E-state index contributed by atoms with van der Waals surface area (Å²) in [6.45, 7) is 6.28. The van der Waals surface area contributed by atoms with Crippen molar-refractivity contribution < 1.29 is 13.3 Å². The van der Waals surface area contributed by atoms with E-state index in [1.54, 1.807) is 0 Å². The summed E-state index contributed by atoms with van der Waals surface area (Å²) < 4.78 is 26.4. The van der Waals surface area contributed by atoms with E-state index >= 15 is 0 Å². The van der Waals surface area contributed by atoms with Crippen LogP contribution in [0.15, 0.2) is 28.8 Å². The monoisotopic (exact) mass is 298 g/mol. The molecule has 20 heavy (non-hydrogen) atoms. The van der Waals surface area contributed by atoms with E-state index in [4.69, 9.17) is 4.84 Å². The third-order valence-electron chi connectivity index (χ3n) is 2.91. The second-order valence-corrected chi connectivity index (χ2v) is 7.33. The van der Waals surface area contributed by atoms with Crippen molar-refractivity contribution in [2.24, 2.45) is 10.6 Å². The second-order valence-electron chi connectivity index (χ2n) is 5.62. The van der Waals surface area contributed by atoms with Crippen LogP contribution in [0.3, 0.4) is 0 Å². The first-order valence-electron chi connectivity index (χ1n) is 6.28. The molecule has 0 fully saturated rings. The van der Waals surface area contributed by atoms with Gasteiger partial charge in [-0.15, -0.1) is 0 Å². The number of oxime groups is 1. The number of hydrogen-bond donors (Lipinski definition) is 1. The Morgan fingerprint density at radius 2 is 2.15 bits per heavy atom. The Balaban J connectivity index is 1.92. The minimum Gasteiger partial charge on any atom is -0.391 e. The van der Waals surface area contributed by atoms with E-state index in [1.165, 1.54) is 18.6 Å². The molecule has 0 bridgehead atoms. The maximum absolute atomic E-state index is 12.0. The molecule has 2 rings (SSSR count). The van der Waals surface area contributed by atoms with Crippen molar-refractivity contribution >= 4 is 15.7 Å². The van der Waals surface area contributed by atoms with Crippen molar-refractivity contribution in [3.8, 4) is 0 Å². The fourth-order valence-corrected chi connectivity index (χ4v) is 2.63. The first kappa shape index (κ1) is 14.9. The molecule has 0 saturated carbocycles. The molecule has 0 spiro atoms. The smallest absolute Gasteiger partial charge is 0.259 e. The number of nitrogens with one attached hydrogen (secondary N) is 1. The zero-order valence-electron chi connectivity index (χ0n) is 11.7. The molecule has 7 nitrogen and oxygen atoms in total. The van der Waals surface area contributed by atoms with Crippen molar-refractivity contribution in [1.29, 1.82) is 0 Å². The summed E-state index contributed by atoms with van der Waals surface area (Å²) in [4.78, 5) is 12.8. The second kappa shape index (κ2) is 5.45. The fraction of sp³-hybridized carbons (Fsp3) is 0.583. The van der Waals surface area contributed by atoms with Gasteiger partial charge in [0.05, 0.1) is 18.5 Å². The Kier molecular flexibility index (Phi) is 4.05. The van der Waals surface area contributed by atoms with E-state index in [-0.39, 0.29) is 23.1 Å². The van der Waals surface area contributed by atoms with E-state index in [0.29, 0.717) is 6.42 Å². The van der Waals surface area contributed by atoms with E-state index in [9.17, 15) is 8.42 Å². The number of sulfonamides is 1. The van der Waals surface area contributed by atoms with Gasteiger partial charge in [0, 0.05) is 24.2 Å². The van der Waals surface area contributed by atoms with Crippen LogP contribution in [0.2, 0.25) is 0 Å². The van der Waals surface area contributed by atoms with Crippen LogP contribution in [0.5, 0.6) is 0 Å². The summed E-state index contributed by atoms with van der Waals surface area (Å²) in [6.07, 6.45) is 4.29. The Morgan fingerprint density at radius 1 is 1.40 bits per heavy atom. The highest BCUT2D eigenvalue weighted by Crippen LogP contribution is 2.25. The van der Waals surface area contributed by atoms with E-state index in [2.05, 4.69) is 19.8 Å². The zero-order chi connectivity index (χ0) is 14.8. The van der Waals surface area contributed by atoms with Crippen LogP contribution in [0.25, 0.3) is 0 Å². The van der Waals surface area contributed by atoms with Crippen molar-refractivity contribution in [2.45, 2.75) is 38.3 Å². The Labute approximate surface area is 118 Å². The van der Waals surface area contributed by atoms with Gasteiger partial charge in [0.2, 0.25) is 0 Å². The lowest BCUT2D eigenvalue weighted by Gasteiger charge is -2.16. The number of hydrogen-bond acceptors (Lipinski definition) is 6. The molecule has 0 saturated heterocycles. The highest BCUT2D eigenvalue weighted by molar-refractivity contribution is 7.89. The van der Waals surface area contributed by atoms with E-state index in [1.807, 2.05) is 20.8 Å². The highest BCUT2D eigenvalue weighted by Gasteiger charge is 2.30. The van der Waals surface area contributed by atoms with Crippen LogP contribution in [-0.4, -0.2) is 36.7 Å². The summed E-state index contributed by atoms with van der Waals surface area (Å²) in [5, 5.41) is 3.91. The number of rotatable bonds is 4. The molecule has 0 aliphatic carbocycles. The largest absolute Gasteiger partial charge is 0.391 e. The summed E-state index contributed by atoms with van der Waals surface area (Å²) >= 11 is 0. The first-order valence-corrected chi connectivity index (χ1v) is 7.76. The minimum absolute atomic E-state index is 0.0709. The van der Waals surface area contributed by atoms with E-state index < -0.39 is 10.0 Å². The molecule has 8 heteroatoms. The molecule has 1 aliphatic rings. The molecule has 2 heterocycles. The SMILES string of the molecule is CC(C)(C)C1=NOC(CNS(=O)(=O)c2cnccn2)C1. The molecule has 1 unspecified atom stereocenters. The highest BCUT2D eigenvalue weighted by atomic mass is 32.2. The van der Waals surface area contributed by atoms with E-state index in [0.717, 1.165) is 5.71 Å². The van der Waals surface area contributed by atoms with Gasteiger partial charge in [-0.25, -0.2) is 18.1 Å². The third-order valence-corrected chi connectivity index (χ3v) is 4.22. The van der Waals surface area contributed by atoms with Crippen LogP contribution in [0.1, 0.15) is 27.2 Å². The molecule has 1 aliphatic heterocycles. The van der Waals surface area contributed by atoms with Crippen molar-refractivity contribution in [2.75, 3.05) is 6.54 Å². The predicted octanol–water partition coefficient (Wildman–Crippen LogP) is 0.946. The number of aromatic nitrogens is 2. The fourth-order valence-electron chi connectivity index (χ4n) is 1.68. The topological polar surface area (TPSA) is 93.5 Å². The lowest BCUT2D eigenvalue weighted by molar-refractivity contribution is 0.0890. The molecule has 0 amide bonds. The third kappa shape index (κ3) is 3.51. The Morgan fingerprint density at radius 3 is 2.70 bits per heavy atom. The molecule has 1 atom stereocenters. The van der Waals surface area contributed by atoms with Gasteiger partial charge in [0.15, 0.2) is 5.03 Å². The molecule has 1 aromatic rings. The van der Waals surface area contributed by atoms with Gasteiger partial charge < -0.3 is 4.84 Å². The van der Waals surface area contributed by atoms with Crippen LogP contribution in [-0.2, 0) is 14.9 Å². The Bertz CT molecular complexity index is 593. The summed E-state index contributed by atoms with van der Waals surface area (Å²) in [5.41, 5.74) is 0.861. The van der Waals surface area contributed by atoms with Gasteiger partial charge in [-0.05, 0) is 0 Å². The van der Waals surface area contributed by atoms with Gasteiger partial charge >= 0.3 is 0 Å². The molecule has 110 valence electrons. The van der Waals surface area contributed by atoms with Gasteiger partial charge in [0.25, 0.3) is 10.0 Å². The zero-order valence-corrected chi connectivity index (χ0v) is 12.5. The van der Waals surface area contributed by atoms with Crippen LogP contribution < -0.4 is 4.72 Å². The lowest BCUT2D eigenvalue weighted by atomic mass is 9.87. The summed E-state index contributed by atoms with van der Waals surface area (Å²) in [5.74, 6) is 0.